The van der Waals surface area contributed by atoms with Gasteiger partial charge in [-0.1, -0.05) is 32.9 Å². The van der Waals surface area contributed by atoms with Crippen molar-refractivity contribution in [3.63, 3.8) is 0 Å². The number of nitrogen functional groups attached to an aromatic ring is 1. The third-order valence-electron chi connectivity index (χ3n) is 9.57. The van der Waals surface area contributed by atoms with E-state index in [9.17, 15) is 25.2 Å². The standard InChI is InChI=1S/C33H50N8O6/c1-18(2)40(12-6-11-35-32(46)39-22-9-7-21(8-10-22)33(3,4)5)15-20-13-19(25(42)26(20)43)14-23-27(44)28(45)31(47-23)41-17-38-24-29(34)36-16-37-30(24)41/h7-10,16-20,23,25-28,31,42-45H,6,11-15H2,1-5H3,(H2,34,36,37)(H2,35,39,46)/t19-,20+,23-,25+,26-,27-,28-,31-/m1/s1. The van der Waals surface area contributed by atoms with Gasteiger partial charge in [-0.3, -0.25) is 4.57 Å². The molecule has 14 heteroatoms. The Morgan fingerprint density at radius 2 is 1.74 bits per heavy atom. The number of benzene rings is 1. The molecule has 258 valence electrons. The number of aliphatic hydroxyl groups is 4. The Balaban J connectivity index is 1.10. The third kappa shape index (κ3) is 7.85. The number of anilines is 2. The predicted octanol–water partition coefficient (Wildman–Crippen LogP) is 2.00. The van der Waals surface area contributed by atoms with Gasteiger partial charge in [0.15, 0.2) is 17.7 Å². The number of hydrogen-bond donors (Lipinski definition) is 7. The van der Waals surface area contributed by atoms with Gasteiger partial charge >= 0.3 is 6.03 Å². The molecule has 0 unspecified atom stereocenters. The molecule has 2 amide bonds. The monoisotopic (exact) mass is 654 g/mol. The number of ether oxygens (including phenoxy) is 1. The Kier molecular flexibility index (Phi) is 10.7. The van der Waals surface area contributed by atoms with Crippen LogP contribution in [0.15, 0.2) is 36.9 Å². The summed E-state index contributed by atoms with van der Waals surface area (Å²) < 4.78 is 7.62. The van der Waals surface area contributed by atoms with E-state index in [4.69, 9.17) is 10.5 Å². The quantitative estimate of drug-likeness (QED) is 0.149. The molecule has 2 fully saturated rings. The fraction of sp³-hybridized carbons (Fsp3) is 0.636. The number of urea groups is 1. The molecule has 47 heavy (non-hydrogen) atoms. The minimum Gasteiger partial charge on any atom is -0.390 e. The van der Waals surface area contributed by atoms with Gasteiger partial charge in [-0.2, -0.15) is 0 Å². The second kappa shape index (κ2) is 14.4. The van der Waals surface area contributed by atoms with Crippen LogP contribution in [0.5, 0.6) is 0 Å². The molecule has 1 aromatic carbocycles. The zero-order valence-corrected chi connectivity index (χ0v) is 27.8. The van der Waals surface area contributed by atoms with Crippen LogP contribution in [0.25, 0.3) is 11.2 Å². The molecule has 1 aliphatic carbocycles. The van der Waals surface area contributed by atoms with Gasteiger partial charge in [-0.25, -0.2) is 19.7 Å². The molecule has 5 rings (SSSR count). The topological polar surface area (TPSA) is 204 Å². The molecule has 8 atom stereocenters. The summed E-state index contributed by atoms with van der Waals surface area (Å²) in [5.74, 6) is -0.335. The Hall–Kier alpha value is -3.40. The highest BCUT2D eigenvalue weighted by Gasteiger charge is 2.49. The summed E-state index contributed by atoms with van der Waals surface area (Å²) in [5.41, 5.74) is 8.61. The molecule has 0 spiro atoms. The SMILES string of the molecule is CC(C)N(CCCNC(=O)Nc1ccc(C(C)(C)C)cc1)C[C@@H]1C[C@H](C[C@H]2O[C@@H](n3cnc4c(N)ncnc43)[C@H](O)[C@@H]2O)[C@H](O)[C@@H]1O. The highest BCUT2D eigenvalue weighted by molar-refractivity contribution is 5.89. The molecule has 1 aliphatic heterocycles. The number of nitrogens with zero attached hydrogens (tertiary/aromatic N) is 5. The lowest BCUT2D eigenvalue weighted by atomic mass is 9.87. The van der Waals surface area contributed by atoms with E-state index < -0.39 is 36.7 Å². The van der Waals surface area contributed by atoms with Crippen LogP contribution in [-0.2, 0) is 10.2 Å². The van der Waals surface area contributed by atoms with Gasteiger partial charge in [0.05, 0.1) is 24.6 Å². The van der Waals surface area contributed by atoms with Crippen LogP contribution in [0.3, 0.4) is 0 Å². The van der Waals surface area contributed by atoms with Gasteiger partial charge in [0, 0.05) is 37.3 Å². The van der Waals surface area contributed by atoms with Crippen LogP contribution in [0.2, 0.25) is 0 Å². The molecule has 14 nitrogen and oxygen atoms in total. The molecule has 2 aromatic heterocycles. The number of hydrogen-bond acceptors (Lipinski definition) is 11. The number of amides is 2. The fourth-order valence-corrected chi connectivity index (χ4v) is 6.73. The highest BCUT2D eigenvalue weighted by Crippen LogP contribution is 2.40. The molecule has 0 radical (unpaired) electrons. The van der Waals surface area contributed by atoms with Crippen molar-refractivity contribution in [2.75, 3.05) is 30.7 Å². The minimum absolute atomic E-state index is 0.0422. The van der Waals surface area contributed by atoms with Crippen LogP contribution in [-0.4, -0.2) is 107 Å². The van der Waals surface area contributed by atoms with E-state index in [1.807, 2.05) is 24.3 Å². The lowest BCUT2D eigenvalue weighted by molar-refractivity contribution is -0.0533. The zero-order chi connectivity index (χ0) is 34.0. The summed E-state index contributed by atoms with van der Waals surface area (Å²) in [6.07, 6.45) is -1.88. The average molecular weight is 655 g/mol. The molecule has 0 bridgehead atoms. The summed E-state index contributed by atoms with van der Waals surface area (Å²) in [7, 11) is 0. The lowest BCUT2D eigenvalue weighted by Crippen LogP contribution is -2.41. The van der Waals surface area contributed by atoms with Crippen molar-refractivity contribution >= 4 is 28.7 Å². The Labute approximate surface area is 275 Å². The normalized spacial score (nSPS) is 28.1. The van der Waals surface area contributed by atoms with Crippen molar-refractivity contribution < 1.29 is 30.0 Å². The Morgan fingerprint density at radius 1 is 1.04 bits per heavy atom. The van der Waals surface area contributed by atoms with Gasteiger partial charge in [-0.15, -0.1) is 0 Å². The minimum atomic E-state index is -1.26. The maximum absolute atomic E-state index is 12.5. The van der Waals surface area contributed by atoms with Crippen LogP contribution >= 0.6 is 0 Å². The van der Waals surface area contributed by atoms with E-state index >= 15 is 0 Å². The summed E-state index contributed by atoms with van der Waals surface area (Å²) in [4.78, 5) is 27.1. The molecule has 1 saturated heterocycles. The smallest absolute Gasteiger partial charge is 0.319 e. The van der Waals surface area contributed by atoms with Crippen molar-refractivity contribution in [3.8, 4) is 0 Å². The first-order valence-corrected chi connectivity index (χ1v) is 16.4. The summed E-state index contributed by atoms with van der Waals surface area (Å²) in [6, 6.07) is 7.78. The second-order valence-electron chi connectivity index (χ2n) is 14.3. The van der Waals surface area contributed by atoms with Crippen molar-refractivity contribution in [1.82, 2.24) is 29.7 Å². The number of nitrogens with one attached hydrogen (secondary N) is 2. The van der Waals surface area contributed by atoms with Crippen molar-refractivity contribution in [1.29, 1.82) is 0 Å². The molecular weight excluding hydrogens is 604 g/mol. The number of fused-ring (bicyclic) bond motifs is 1. The first-order chi connectivity index (χ1) is 22.2. The number of rotatable bonds is 11. The van der Waals surface area contributed by atoms with Crippen LogP contribution in [0.1, 0.15) is 65.7 Å². The van der Waals surface area contributed by atoms with Crippen LogP contribution in [0.4, 0.5) is 16.3 Å². The highest BCUT2D eigenvalue weighted by atomic mass is 16.6. The predicted molar refractivity (Wildman–Crippen MR) is 177 cm³/mol. The van der Waals surface area contributed by atoms with Gasteiger partial charge in [0.1, 0.15) is 24.1 Å². The number of imidazole rings is 1. The first-order valence-electron chi connectivity index (χ1n) is 16.4. The largest absolute Gasteiger partial charge is 0.390 e. The van der Waals surface area contributed by atoms with Crippen molar-refractivity contribution in [3.05, 3.63) is 42.5 Å². The van der Waals surface area contributed by atoms with E-state index in [-0.39, 0.29) is 41.6 Å². The van der Waals surface area contributed by atoms with Gasteiger partial charge in [0.25, 0.3) is 0 Å². The number of aliphatic hydroxyl groups excluding tert-OH is 4. The number of carbonyl (C=O) groups is 1. The molecular formula is C33H50N8O6. The van der Waals surface area contributed by atoms with Crippen LogP contribution < -0.4 is 16.4 Å². The van der Waals surface area contributed by atoms with E-state index in [2.05, 4.69) is 65.1 Å². The maximum Gasteiger partial charge on any atom is 0.319 e. The first kappa shape index (κ1) is 34.9. The van der Waals surface area contributed by atoms with Crippen LogP contribution in [0, 0.1) is 11.8 Å². The summed E-state index contributed by atoms with van der Waals surface area (Å²) in [5, 5.41) is 49.5. The summed E-state index contributed by atoms with van der Waals surface area (Å²) >= 11 is 0. The molecule has 8 N–H and O–H groups in total. The molecule has 3 heterocycles. The molecule has 2 aliphatic rings. The summed E-state index contributed by atoms with van der Waals surface area (Å²) in [6.45, 7) is 12.4. The van der Waals surface area contributed by atoms with Gasteiger partial charge < -0.3 is 46.4 Å². The van der Waals surface area contributed by atoms with E-state index in [0.717, 1.165) is 5.69 Å². The van der Waals surface area contributed by atoms with Crippen molar-refractivity contribution in [2.24, 2.45) is 11.8 Å². The van der Waals surface area contributed by atoms with E-state index in [1.54, 1.807) is 0 Å². The zero-order valence-electron chi connectivity index (χ0n) is 27.8. The fourth-order valence-electron chi connectivity index (χ4n) is 6.73. The number of nitrogens with two attached hydrogens (primary N) is 1. The second-order valence-corrected chi connectivity index (χ2v) is 14.3. The Bertz CT molecular complexity index is 1490. The number of carbonyl (C=O) groups excluding carboxylic acids is 1. The van der Waals surface area contributed by atoms with Crippen molar-refractivity contribution in [2.45, 2.75) is 102 Å². The maximum atomic E-state index is 12.5. The third-order valence-corrected chi connectivity index (χ3v) is 9.57. The van der Waals surface area contributed by atoms with Gasteiger partial charge in [0.2, 0.25) is 0 Å². The molecule has 3 aromatic rings. The average Bonchev–Trinajstić information content (AvgIpc) is 3.65. The van der Waals surface area contributed by atoms with Gasteiger partial charge in [-0.05, 0) is 62.1 Å². The molecule has 1 saturated carbocycles. The number of aromatic nitrogens is 4. The lowest BCUT2D eigenvalue weighted by Gasteiger charge is -2.30. The van der Waals surface area contributed by atoms with E-state index in [1.165, 1.54) is 22.8 Å². The van der Waals surface area contributed by atoms with E-state index in [0.29, 0.717) is 43.6 Å². The Morgan fingerprint density at radius 3 is 2.43 bits per heavy atom.